The zero-order chi connectivity index (χ0) is 18.1. The number of nitriles is 1. The largest absolute Gasteiger partial charge is 0.485 e. The number of fused-ring (bicyclic) bond motifs is 1. The Morgan fingerprint density at radius 1 is 1.62 bits per heavy atom. The molecule has 9 nitrogen and oxygen atoms in total. The molecule has 3 N–H and O–H groups in total. The summed E-state index contributed by atoms with van der Waals surface area (Å²) in [6.45, 7) is 5.41. The molecule has 0 saturated carbocycles. The van der Waals surface area contributed by atoms with Crippen LogP contribution in [0.15, 0.2) is 23.2 Å². The van der Waals surface area contributed by atoms with Crippen molar-refractivity contribution in [3.8, 4) is 11.9 Å². The third-order valence-corrected chi connectivity index (χ3v) is 3.89. The van der Waals surface area contributed by atoms with E-state index in [1.54, 1.807) is 20.8 Å². The normalized spacial score (nSPS) is 22.0. The number of nitro benzene ring substituents is 1. The van der Waals surface area contributed by atoms with Gasteiger partial charge < -0.3 is 15.6 Å². The highest BCUT2D eigenvalue weighted by molar-refractivity contribution is 5.80. The van der Waals surface area contributed by atoms with Gasteiger partial charge in [-0.15, -0.1) is 0 Å². The number of nitrogens with two attached hydrogens (primary N) is 1. The van der Waals surface area contributed by atoms with Crippen molar-refractivity contribution in [2.24, 2.45) is 10.7 Å². The van der Waals surface area contributed by atoms with Crippen LogP contribution in [-0.4, -0.2) is 39.1 Å². The lowest BCUT2D eigenvalue weighted by atomic mass is 9.86. The second-order valence-corrected chi connectivity index (χ2v) is 5.91. The SMILES string of the molecule is CCN(C#N)C(N)=N[C@@H]1c2cc([N+](=O)[O-])ccc2OC(C)(C)[C@H]1O. The molecule has 128 valence electrons. The van der Waals surface area contributed by atoms with Gasteiger partial charge in [0, 0.05) is 24.2 Å². The quantitative estimate of drug-likeness (QED) is 0.212. The number of hydrogen-bond donors (Lipinski definition) is 2. The average Bonchev–Trinajstić information content (AvgIpc) is 2.52. The zero-order valence-electron chi connectivity index (χ0n) is 13.6. The summed E-state index contributed by atoms with van der Waals surface area (Å²) in [5.41, 5.74) is 5.08. The molecule has 0 fully saturated rings. The molecule has 1 heterocycles. The molecule has 1 aliphatic heterocycles. The second kappa shape index (κ2) is 6.33. The molecule has 2 rings (SSSR count). The predicted octanol–water partition coefficient (Wildman–Crippen LogP) is 1.29. The maximum atomic E-state index is 11.0. The summed E-state index contributed by atoms with van der Waals surface area (Å²) in [4.78, 5) is 15.9. The Hall–Kier alpha value is -2.86. The van der Waals surface area contributed by atoms with E-state index in [2.05, 4.69) is 4.99 Å². The highest BCUT2D eigenvalue weighted by Crippen LogP contribution is 2.43. The summed E-state index contributed by atoms with van der Waals surface area (Å²) in [6, 6.07) is 3.22. The molecule has 0 amide bonds. The van der Waals surface area contributed by atoms with Crippen LogP contribution in [0, 0.1) is 21.6 Å². The minimum absolute atomic E-state index is 0.0702. The van der Waals surface area contributed by atoms with E-state index in [1.807, 2.05) is 6.19 Å². The Kier molecular flexibility index (Phi) is 4.61. The van der Waals surface area contributed by atoms with Gasteiger partial charge >= 0.3 is 0 Å². The summed E-state index contributed by atoms with van der Waals surface area (Å²) in [7, 11) is 0. The zero-order valence-corrected chi connectivity index (χ0v) is 13.6. The molecule has 0 aliphatic carbocycles. The van der Waals surface area contributed by atoms with Crippen LogP contribution < -0.4 is 10.5 Å². The Bertz CT molecular complexity index is 725. The lowest BCUT2D eigenvalue weighted by Gasteiger charge is -2.40. The second-order valence-electron chi connectivity index (χ2n) is 5.91. The minimum atomic E-state index is -1.09. The lowest BCUT2D eigenvalue weighted by molar-refractivity contribution is -0.385. The number of nitrogens with zero attached hydrogens (tertiary/aromatic N) is 4. The van der Waals surface area contributed by atoms with Gasteiger partial charge in [-0.1, -0.05) is 0 Å². The van der Waals surface area contributed by atoms with Crippen LogP contribution in [0.5, 0.6) is 5.75 Å². The fourth-order valence-corrected chi connectivity index (χ4v) is 2.50. The number of aliphatic imine (C=N–C) groups is 1. The van der Waals surface area contributed by atoms with Gasteiger partial charge in [0.05, 0.1) is 4.92 Å². The fraction of sp³-hybridized carbons (Fsp3) is 0.467. The third kappa shape index (κ3) is 3.09. The number of guanidine groups is 1. The van der Waals surface area contributed by atoms with E-state index in [0.29, 0.717) is 17.9 Å². The summed E-state index contributed by atoms with van der Waals surface area (Å²) < 4.78 is 5.73. The van der Waals surface area contributed by atoms with Gasteiger partial charge in [-0.25, -0.2) is 9.89 Å². The first-order chi connectivity index (χ1) is 11.2. The number of non-ortho nitro benzene ring substituents is 1. The van der Waals surface area contributed by atoms with Crippen molar-refractivity contribution in [2.75, 3.05) is 6.54 Å². The van der Waals surface area contributed by atoms with Crippen molar-refractivity contribution in [1.82, 2.24) is 4.90 Å². The van der Waals surface area contributed by atoms with Crippen molar-refractivity contribution in [2.45, 2.75) is 38.5 Å². The van der Waals surface area contributed by atoms with Gasteiger partial charge in [0.1, 0.15) is 23.5 Å². The van der Waals surface area contributed by atoms with E-state index in [1.165, 1.54) is 18.2 Å². The number of rotatable bonds is 3. The van der Waals surface area contributed by atoms with Crippen LogP contribution in [0.4, 0.5) is 5.69 Å². The van der Waals surface area contributed by atoms with Crippen molar-refractivity contribution >= 4 is 11.6 Å². The van der Waals surface area contributed by atoms with Crippen LogP contribution in [0.25, 0.3) is 0 Å². The monoisotopic (exact) mass is 333 g/mol. The molecule has 0 bridgehead atoms. The maximum Gasteiger partial charge on any atom is 0.270 e. The van der Waals surface area contributed by atoms with Gasteiger partial charge in [0.15, 0.2) is 6.19 Å². The fourth-order valence-electron chi connectivity index (χ4n) is 2.50. The molecule has 1 aromatic carbocycles. The highest BCUT2D eigenvalue weighted by atomic mass is 16.6. The third-order valence-electron chi connectivity index (χ3n) is 3.89. The van der Waals surface area contributed by atoms with Gasteiger partial charge in [0.25, 0.3) is 5.69 Å². The minimum Gasteiger partial charge on any atom is -0.485 e. The van der Waals surface area contributed by atoms with Gasteiger partial charge in [-0.2, -0.15) is 5.26 Å². The van der Waals surface area contributed by atoms with E-state index < -0.39 is 22.7 Å². The summed E-state index contributed by atoms with van der Waals surface area (Å²) in [6.07, 6.45) is 0.792. The molecule has 2 atom stereocenters. The Labute approximate surface area is 139 Å². The van der Waals surface area contributed by atoms with Crippen molar-refractivity contribution in [1.29, 1.82) is 5.26 Å². The summed E-state index contributed by atoms with van der Waals surface area (Å²) in [5, 5.41) is 30.7. The molecular weight excluding hydrogens is 314 g/mol. The number of hydrogen-bond acceptors (Lipinski definition) is 6. The number of ether oxygens (including phenoxy) is 1. The molecule has 0 aromatic heterocycles. The number of aliphatic hydroxyl groups is 1. The van der Waals surface area contributed by atoms with Gasteiger partial charge in [-0.3, -0.25) is 10.1 Å². The van der Waals surface area contributed by atoms with Crippen molar-refractivity contribution in [3.63, 3.8) is 0 Å². The number of aliphatic hydroxyl groups excluding tert-OH is 1. The summed E-state index contributed by atoms with van der Waals surface area (Å²) in [5.74, 6) is 0.316. The van der Waals surface area contributed by atoms with Crippen LogP contribution in [-0.2, 0) is 0 Å². The van der Waals surface area contributed by atoms with Crippen LogP contribution >= 0.6 is 0 Å². The van der Waals surface area contributed by atoms with E-state index in [4.69, 9.17) is 15.7 Å². The smallest absolute Gasteiger partial charge is 0.270 e. The molecule has 9 heteroatoms. The molecule has 0 spiro atoms. The van der Waals surface area contributed by atoms with Crippen LogP contribution in [0.1, 0.15) is 32.4 Å². The first-order valence-corrected chi connectivity index (χ1v) is 7.37. The lowest BCUT2D eigenvalue weighted by Crippen LogP contribution is -2.49. The highest BCUT2D eigenvalue weighted by Gasteiger charge is 2.43. The molecule has 1 aliphatic rings. The summed E-state index contributed by atoms with van der Waals surface area (Å²) >= 11 is 0. The van der Waals surface area contributed by atoms with Crippen molar-refractivity contribution in [3.05, 3.63) is 33.9 Å². The molecule has 0 saturated heterocycles. The maximum absolute atomic E-state index is 11.0. The van der Waals surface area contributed by atoms with E-state index >= 15 is 0 Å². The van der Waals surface area contributed by atoms with E-state index in [9.17, 15) is 15.2 Å². The average molecular weight is 333 g/mol. The van der Waals surface area contributed by atoms with Gasteiger partial charge in [0.2, 0.25) is 5.96 Å². The van der Waals surface area contributed by atoms with Crippen LogP contribution in [0.2, 0.25) is 0 Å². The van der Waals surface area contributed by atoms with Gasteiger partial charge in [-0.05, 0) is 26.8 Å². The number of nitro groups is 1. The van der Waals surface area contributed by atoms with Crippen LogP contribution in [0.3, 0.4) is 0 Å². The first-order valence-electron chi connectivity index (χ1n) is 7.37. The molecule has 0 unspecified atom stereocenters. The topological polar surface area (TPSA) is 138 Å². The first kappa shape index (κ1) is 17.5. The van der Waals surface area contributed by atoms with E-state index in [0.717, 1.165) is 4.90 Å². The van der Waals surface area contributed by atoms with Crippen molar-refractivity contribution < 1.29 is 14.8 Å². The predicted molar refractivity (Wildman–Crippen MR) is 86.2 cm³/mol. The molecule has 1 aromatic rings. The Morgan fingerprint density at radius 2 is 2.29 bits per heavy atom. The molecule has 24 heavy (non-hydrogen) atoms. The number of benzene rings is 1. The standard InChI is InChI=1S/C15H19N5O4/c1-4-19(8-16)14(17)18-12-10-7-9(20(22)23)5-6-11(10)24-15(2,3)13(12)21/h5-7,12-13,21H,4H2,1-3H3,(H2,17,18)/t12-,13+/m1/s1. The molecule has 0 radical (unpaired) electrons. The molecular formula is C15H19N5O4. The Balaban J connectivity index is 2.57. The Morgan fingerprint density at radius 3 is 2.83 bits per heavy atom. The van der Waals surface area contributed by atoms with E-state index in [-0.39, 0.29) is 11.6 Å².